The van der Waals surface area contributed by atoms with Crippen LogP contribution in [0.3, 0.4) is 0 Å². The zero-order valence-corrected chi connectivity index (χ0v) is 38.6. The molecule has 1 unspecified atom stereocenters. The largest absolute Gasteiger partial charge is 0.472 e. The van der Waals surface area contributed by atoms with Gasteiger partial charge in [-0.1, -0.05) is 138 Å². The molecule has 0 aliphatic heterocycles. The zero-order chi connectivity index (χ0) is 43.7. The number of nitrogens with zero attached hydrogens (tertiary/aromatic N) is 1. The van der Waals surface area contributed by atoms with Crippen LogP contribution in [0.25, 0.3) is 0 Å². The highest BCUT2D eigenvalue weighted by atomic mass is 31.2. The van der Waals surface area contributed by atoms with Crippen LogP contribution < -0.4 is 0 Å². The maximum absolute atomic E-state index is 12.7. The Balaban J connectivity index is 4.51. The van der Waals surface area contributed by atoms with Crippen molar-refractivity contribution < 1.29 is 46.8 Å². The zero-order valence-electron chi connectivity index (χ0n) is 37.7. The van der Waals surface area contributed by atoms with Gasteiger partial charge in [-0.05, 0) is 76.7 Å². The van der Waals surface area contributed by atoms with E-state index >= 15 is 0 Å². The number of phosphoric ester groups is 1. The number of ether oxygens (including phenoxy) is 2. The van der Waals surface area contributed by atoms with E-state index in [1.807, 2.05) is 45.4 Å². The molecule has 1 N–H and O–H groups in total. The lowest BCUT2D eigenvalue weighted by atomic mass is 10.1. The molecular formula is C48H83NO9P+. The number of ketones is 1. The number of hydrogen-bond donors (Lipinski definition) is 1. The van der Waals surface area contributed by atoms with Gasteiger partial charge in [0.1, 0.15) is 19.8 Å². The fourth-order valence-electron chi connectivity index (χ4n) is 5.58. The van der Waals surface area contributed by atoms with Gasteiger partial charge in [0.25, 0.3) is 0 Å². The lowest BCUT2D eigenvalue weighted by Crippen LogP contribution is -2.37. The number of rotatable bonds is 40. The smallest absolute Gasteiger partial charge is 0.462 e. The summed E-state index contributed by atoms with van der Waals surface area (Å²) >= 11 is 0. The monoisotopic (exact) mass is 849 g/mol. The Hall–Kier alpha value is -2.88. The average Bonchev–Trinajstić information content (AvgIpc) is 3.18. The molecule has 0 aliphatic rings. The van der Waals surface area contributed by atoms with Crippen molar-refractivity contribution >= 4 is 25.5 Å². The van der Waals surface area contributed by atoms with Crippen LogP contribution in [0.2, 0.25) is 0 Å². The minimum atomic E-state index is -4.41. The Labute approximate surface area is 359 Å². The van der Waals surface area contributed by atoms with E-state index in [0.717, 1.165) is 64.2 Å². The van der Waals surface area contributed by atoms with Gasteiger partial charge < -0.3 is 18.9 Å². The first-order chi connectivity index (χ1) is 28.4. The molecule has 0 heterocycles. The average molecular weight is 849 g/mol. The van der Waals surface area contributed by atoms with E-state index in [2.05, 4.69) is 50.3 Å². The van der Waals surface area contributed by atoms with E-state index in [1.165, 1.54) is 44.9 Å². The molecule has 0 radical (unpaired) electrons. The van der Waals surface area contributed by atoms with Gasteiger partial charge in [0, 0.05) is 19.3 Å². The SMILES string of the molecule is CCCCC/C=C\C/C=C\CCCCCCCCCC(=O)OC[C@H](COP(=O)(O)OCC[N+](C)(C)C)OC(=O)CCC/C=C\C/C=C\C/C=C\C=C\C(=O)CCCCC. The van der Waals surface area contributed by atoms with Gasteiger partial charge in [0.05, 0.1) is 27.7 Å². The van der Waals surface area contributed by atoms with Gasteiger partial charge >= 0.3 is 19.8 Å². The second-order valence-electron chi connectivity index (χ2n) is 16.1. The number of phosphoric acid groups is 1. The van der Waals surface area contributed by atoms with Crippen molar-refractivity contribution in [2.24, 2.45) is 0 Å². The Morgan fingerprint density at radius 3 is 1.71 bits per heavy atom. The lowest BCUT2D eigenvalue weighted by Gasteiger charge is -2.24. The third-order valence-corrected chi connectivity index (χ3v) is 10.2. The van der Waals surface area contributed by atoms with Gasteiger partial charge in [-0.15, -0.1) is 0 Å². The summed E-state index contributed by atoms with van der Waals surface area (Å²) in [5, 5.41) is 0. The van der Waals surface area contributed by atoms with Crippen LogP contribution in [0.4, 0.5) is 0 Å². The molecule has 2 atom stereocenters. The second kappa shape index (κ2) is 39.3. The first-order valence-electron chi connectivity index (χ1n) is 22.6. The third-order valence-electron chi connectivity index (χ3n) is 9.19. The Morgan fingerprint density at radius 2 is 1.08 bits per heavy atom. The van der Waals surface area contributed by atoms with Crippen molar-refractivity contribution in [2.75, 3.05) is 47.5 Å². The lowest BCUT2D eigenvalue weighted by molar-refractivity contribution is -0.870. The van der Waals surface area contributed by atoms with Crippen LogP contribution in [-0.2, 0) is 37.5 Å². The molecule has 338 valence electrons. The fraction of sp³-hybridized carbons (Fsp3) is 0.688. The molecular weight excluding hydrogens is 765 g/mol. The Bertz CT molecular complexity index is 1300. The number of quaternary nitrogens is 1. The highest BCUT2D eigenvalue weighted by molar-refractivity contribution is 7.47. The summed E-state index contributed by atoms with van der Waals surface area (Å²) in [5.41, 5.74) is 0. The summed E-state index contributed by atoms with van der Waals surface area (Å²) in [6.07, 6.45) is 45.1. The standard InChI is InChI=1S/C48H82NO9P/c1-6-8-10-11-12-13-14-15-16-17-18-19-22-25-28-31-35-39-47(51)55-43-46(44-57-59(53,54)56-42-41-49(3,4)5)58-48(52)40-36-32-29-26-23-20-21-24-27-30-34-38-45(50)37-33-9-7-2/h12-13,15-16,20-21,26-27,29-30,34,38,46H,6-11,14,17-19,22-25,28,31-33,35-37,39-44H2,1-5H3/p+1/b13-12-,16-15-,21-20-,29-26-,30-27-,38-34+/t46-/m1/s1. The van der Waals surface area contributed by atoms with Crippen molar-refractivity contribution in [1.82, 2.24) is 0 Å². The molecule has 0 amide bonds. The topological polar surface area (TPSA) is 125 Å². The van der Waals surface area contributed by atoms with E-state index in [-0.39, 0.29) is 31.8 Å². The molecule has 0 saturated heterocycles. The molecule has 0 aliphatic carbocycles. The predicted molar refractivity (Wildman–Crippen MR) is 243 cm³/mol. The second-order valence-corrected chi connectivity index (χ2v) is 17.6. The molecule has 0 bridgehead atoms. The van der Waals surface area contributed by atoms with Crippen LogP contribution in [0.5, 0.6) is 0 Å². The quantitative estimate of drug-likeness (QED) is 0.0122. The number of hydrogen-bond acceptors (Lipinski definition) is 8. The van der Waals surface area contributed by atoms with Crippen molar-refractivity contribution in [2.45, 2.75) is 168 Å². The van der Waals surface area contributed by atoms with E-state index in [1.54, 1.807) is 12.2 Å². The summed E-state index contributed by atoms with van der Waals surface area (Å²) in [6.45, 7) is 4.12. The molecule has 0 aromatic carbocycles. The highest BCUT2D eigenvalue weighted by Crippen LogP contribution is 2.43. The van der Waals surface area contributed by atoms with E-state index in [9.17, 15) is 23.8 Å². The van der Waals surface area contributed by atoms with Crippen molar-refractivity contribution in [3.63, 3.8) is 0 Å². The molecule has 0 spiro atoms. The Kier molecular flexibility index (Phi) is 37.4. The van der Waals surface area contributed by atoms with Crippen LogP contribution >= 0.6 is 7.82 Å². The normalized spacial score (nSPS) is 14.1. The van der Waals surface area contributed by atoms with Crippen LogP contribution in [0.15, 0.2) is 72.9 Å². The summed E-state index contributed by atoms with van der Waals surface area (Å²) in [4.78, 5) is 47.1. The summed E-state index contributed by atoms with van der Waals surface area (Å²) in [6, 6.07) is 0. The van der Waals surface area contributed by atoms with Crippen LogP contribution in [-0.4, -0.2) is 80.7 Å². The number of carbonyl (C=O) groups is 3. The first kappa shape index (κ1) is 56.1. The molecule has 10 nitrogen and oxygen atoms in total. The summed E-state index contributed by atoms with van der Waals surface area (Å²) < 4.78 is 34.2. The number of esters is 2. The fourth-order valence-corrected chi connectivity index (χ4v) is 6.32. The molecule has 0 aromatic heterocycles. The first-order valence-corrected chi connectivity index (χ1v) is 24.1. The van der Waals surface area contributed by atoms with Gasteiger partial charge in [-0.25, -0.2) is 4.57 Å². The number of allylic oxidation sites excluding steroid dienone is 12. The number of carbonyl (C=O) groups excluding carboxylic acids is 3. The van der Waals surface area contributed by atoms with Crippen molar-refractivity contribution in [1.29, 1.82) is 0 Å². The molecule has 11 heteroatoms. The maximum Gasteiger partial charge on any atom is 0.472 e. The molecule has 0 saturated carbocycles. The van der Waals surface area contributed by atoms with Crippen molar-refractivity contribution in [3.05, 3.63) is 72.9 Å². The molecule has 0 fully saturated rings. The van der Waals surface area contributed by atoms with Crippen molar-refractivity contribution in [3.8, 4) is 0 Å². The van der Waals surface area contributed by atoms with Gasteiger partial charge in [0.2, 0.25) is 0 Å². The Morgan fingerprint density at radius 1 is 0.576 bits per heavy atom. The molecule has 59 heavy (non-hydrogen) atoms. The van der Waals surface area contributed by atoms with Gasteiger partial charge in [-0.2, -0.15) is 0 Å². The van der Waals surface area contributed by atoms with E-state index in [4.69, 9.17) is 18.5 Å². The highest BCUT2D eigenvalue weighted by Gasteiger charge is 2.27. The van der Waals surface area contributed by atoms with Gasteiger partial charge in [-0.3, -0.25) is 23.4 Å². The minimum absolute atomic E-state index is 0.00581. The van der Waals surface area contributed by atoms with E-state index < -0.39 is 32.5 Å². The van der Waals surface area contributed by atoms with Gasteiger partial charge in [0.15, 0.2) is 11.9 Å². The number of unbranched alkanes of at least 4 members (excludes halogenated alkanes) is 13. The molecule has 0 aromatic rings. The van der Waals surface area contributed by atoms with Crippen LogP contribution in [0.1, 0.15) is 162 Å². The third kappa shape index (κ3) is 43.0. The van der Waals surface area contributed by atoms with Crippen LogP contribution in [0, 0.1) is 0 Å². The maximum atomic E-state index is 12.7. The molecule has 0 rings (SSSR count). The minimum Gasteiger partial charge on any atom is -0.462 e. The summed E-state index contributed by atoms with van der Waals surface area (Å²) in [7, 11) is 1.39. The summed E-state index contributed by atoms with van der Waals surface area (Å²) in [5.74, 6) is -0.746. The number of likely N-dealkylation sites (N-methyl/N-ethyl adjacent to an activating group) is 1. The van der Waals surface area contributed by atoms with E-state index in [0.29, 0.717) is 36.7 Å². The predicted octanol–water partition coefficient (Wildman–Crippen LogP) is 12.2.